The summed E-state index contributed by atoms with van der Waals surface area (Å²) in [6.45, 7) is 7.69. The van der Waals surface area contributed by atoms with E-state index in [1.54, 1.807) is 26.0 Å². The Hall–Kier alpha value is -1.49. The number of nitrogen functional groups attached to an aromatic ring is 1. The monoisotopic (exact) mass is 239 g/mol. The minimum Gasteiger partial charge on any atom is -0.473 e. The van der Waals surface area contributed by atoms with E-state index in [4.69, 9.17) is 10.5 Å². The number of hydrogen-bond acceptors (Lipinski definition) is 5. The average Bonchev–Trinajstić information content (AvgIpc) is 2.17. The third-order valence-corrected chi connectivity index (χ3v) is 1.94. The van der Waals surface area contributed by atoms with E-state index >= 15 is 0 Å². The Morgan fingerprint density at radius 2 is 2.12 bits per heavy atom. The second kappa shape index (κ2) is 5.23. The first kappa shape index (κ1) is 13.6. The van der Waals surface area contributed by atoms with Crippen LogP contribution in [0.3, 0.4) is 0 Å². The summed E-state index contributed by atoms with van der Waals surface area (Å²) in [5.74, 6) is 1.05. The fourth-order valence-corrected chi connectivity index (χ4v) is 1.17. The number of aromatic nitrogens is 1. The van der Waals surface area contributed by atoms with Crippen LogP contribution in [-0.2, 0) is 0 Å². The van der Waals surface area contributed by atoms with Crippen LogP contribution in [0.1, 0.15) is 27.7 Å². The summed E-state index contributed by atoms with van der Waals surface area (Å²) in [6, 6.07) is 3.49. The Morgan fingerprint density at radius 3 is 2.65 bits per heavy atom. The van der Waals surface area contributed by atoms with Gasteiger partial charge in [0.1, 0.15) is 5.82 Å². The maximum atomic E-state index is 9.60. The molecule has 17 heavy (non-hydrogen) atoms. The van der Waals surface area contributed by atoms with Gasteiger partial charge in [-0.1, -0.05) is 0 Å². The summed E-state index contributed by atoms with van der Waals surface area (Å²) in [7, 11) is 0. The smallest absolute Gasteiger partial charge is 0.239 e. The van der Waals surface area contributed by atoms with Crippen molar-refractivity contribution in [1.82, 2.24) is 4.98 Å². The number of nitrogens with zero attached hydrogens (tertiary/aromatic N) is 1. The van der Waals surface area contributed by atoms with Gasteiger partial charge in [-0.25, -0.2) is 0 Å². The summed E-state index contributed by atoms with van der Waals surface area (Å²) in [5, 5.41) is 12.6. The first-order valence-electron chi connectivity index (χ1n) is 5.67. The van der Waals surface area contributed by atoms with E-state index in [0.29, 0.717) is 23.9 Å². The number of ether oxygens (including phenoxy) is 1. The molecule has 0 fully saturated rings. The van der Waals surface area contributed by atoms with Gasteiger partial charge < -0.3 is 20.9 Å². The molecule has 96 valence electrons. The summed E-state index contributed by atoms with van der Waals surface area (Å²) in [4.78, 5) is 4.25. The zero-order chi connectivity index (χ0) is 13.1. The zero-order valence-corrected chi connectivity index (χ0v) is 10.8. The highest BCUT2D eigenvalue weighted by Crippen LogP contribution is 2.22. The highest BCUT2D eigenvalue weighted by Gasteiger charge is 2.13. The van der Waals surface area contributed by atoms with Crippen LogP contribution in [0.25, 0.3) is 0 Å². The quantitative estimate of drug-likeness (QED) is 0.727. The molecule has 0 aromatic carbocycles. The molecule has 1 aromatic heterocycles. The summed E-state index contributed by atoms with van der Waals surface area (Å²) in [5.41, 5.74) is 5.47. The molecular formula is C12H21N3O2. The summed E-state index contributed by atoms with van der Waals surface area (Å²) < 4.78 is 5.48. The maximum absolute atomic E-state index is 9.60. The first-order chi connectivity index (χ1) is 7.78. The van der Waals surface area contributed by atoms with Gasteiger partial charge in [-0.15, -0.1) is 0 Å². The predicted molar refractivity (Wildman–Crippen MR) is 69.2 cm³/mol. The van der Waals surface area contributed by atoms with Gasteiger partial charge in [0.2, 0.25) is 5.88 Å². The largest absolute Gasteiger partial charge is 0.473 e. The summed E-state index contributed by atoms with van der Waals surface area (Å²) in [6.07, 6.45) is 0.0225. The van der Waals surface area contributed by atoms with Crippen molar-refractivity contribution in [2.24, 2.45) is 0 Å². The molecule has 5 heteroatoms. The third-order valence-electron chi connectivity index (χ3n) is 1.94. The average molecular weight is 239 g/mol. The van der Waals surface area contributed by atoms with Crippen LogP contribution in [0.2, 0.25) is 0 Å². The van der Waals surface area contributed by atoms with Crippen LogP contribution < -0.4 is 15.8 Å². The van der Waals surface area contributed by atoms with Gasteiger partial charge in [0, 0.05) is 6.54 Å². The van der Waals surface area contributed by atoms with Crippen LogP contribution in [0.4, 0.5) is 11.5 Å². The van der Waals surface area contributed by atoms with E-state index in [1.165, 1.54) is 0 Å². The van der Waals surface area contributed by atoms with Crippen molar-refractivity contribution in [3.8, 4) is 5.88 Å². The minimum absolute atomic E-state index is 0.0225. The Balaban J connectivity index is 2.74. The molecule has 0 spiro atoms. The highest BCUT2D eigenvalue weighted by atomic mass is 16.5. The Bertz CT molecular complexity index is 373. The van der Waals surface area contributed by atoms with E-state index in [0.717, 1.165) is 0 Å². The topological polar surface area (TPSA) is 80.4 Å². The molecule has 0 amide bonds. The van der Waals surface area contributed by atoms with Crippen molar-refractivity contribution < 1.29 is 9.84 Å². The number of pyridine rings is 1. The molecule has 1 rings (SSSR count). The Morgan fingerprint density at radius 1 is 1.47 bits per heavy atom. The molecule has 0 bridgehead atoms. The number of rotatable bonds is 5. The number of aliphatic hydroxyl groups is 1. The second-order valence-corrected chi connectivity index (χ2v) is 4.92. The van der Waals surface area contributed by atoms with Crippen LogP contribution >= 0.6 is 0 Å². The van der Waals surface area contributed by atoms with Crippen LogP contribution in [0.15, 0.2) is 12.1 Å². The van der Waals surface area contributed by atoms with E-state index < -0.39 is 5.60 Å². The van der Waals surface area contributed by atoms with Gasteiger partial charge in [-0.2, -0.15) is 4.98 Å². The van der Waals surface area contributed by atoms with Crippen molar-refractivity contribution in [1.29, 1.82) is 0 Å². The molecule has 0 saturated carbocycles. The Kier molecular flexibility index (Phi) is 4.17. The molecular weight excluding hydrogens is 218 g/mol. The van der Waals surface area contributed by atoms with Gasteiger partial charge in [0.15, 0.2) is 0 Å². The maximum Gasteiger partial charge on any atom is 0.239 e. The number of nitrogens with two attached hydrogens (primary N) is 1. The number of nitrogens with one attached hydrogen (secondary N) is 1. The van der Waals surface area contributed by atoms with Crippen molar-refractivity contribution in [2.75, 3.05) is 17.6 Å². The zero-order valence-electron chi connectivity index (χ0n) is 10.8. The van der Waals surface area contributed by atoms with E-state index in [9.17, 15) is 5.11 Å². The lowest BCUT2D eigenvalue weighted by Gasteiger charge is -2.19. The fourth-order valence-electron chi connectivity index (χ4n) is 1.17. The predicted octanol–water partition coefficient (Wildman–Crippen LogP) is 1.63. The second-order valence-electron chi connectivity index (χ2n) is 4.92. The molecule has 0 saturated heterocycles. The summed E-state index contributed by atoms with van der Waals surface area (Å²) >= 11 is 0. The van der Waals surface area contributed by atoms with Crippen molar-refractivity contribution >= 4 is 11.5 Å². The van der Waals surface area contributed by atoms with E-state index in [1.807, 2.05) is 13.8 Å². The van der Waals surface area contributed by atoms with Gasteiger partial charge in [0.05, 0.1) is 17.4 Å². The van der Waals surface area contributed by atoms with E-state index in [-0.39, 0.29) is 6.10 Å². The van der Waals surface area contributed by atoms with Gasteiger partial charge in [-0.05, 0) is 39.8 Å². The molecule has 4 N–H and O–H groups in total. The molecule has 0 unspecified atom stereocenters. The Labute approximate surface area is 102 Å². The molecule has 0 radical (unpaired) electrons. The van der Waals surface area contributed by atoms with Crippen molar-refractivity contribution in [2.45, 2.75) is 39.4 Å². The third kappa shape index (κ3) is 4.91. The van der Waals surface area contributed by atoms with Crippen molar-refractivity contribution in [3.05, 3.63) is 12.1 Å². The normalized spacial score (nSPS) is 11.6. The lowest BCUT2D eigenvalue weighted by molar-refractivity contribution is 0.0944. The molecule has 1 heterocycles. The highest BCUT2D eigenvalue weighted by molar-refractivity contribution is 5.53. The molecule has 5 nitrogen and oxygen atoms in total. The van der Waals surface area contributed by atoms with Gasteiger partial charge >= 0.3 is 0 Å². The lowest BCUT2D eigenvalue weighted by Crippen LogP contribution is -2.29. The van der Waals surface area contributed by atoms with Crippen LogP contribution in [-0.4, -0.2) is 28.3 Å². The van der Waals surface area contributed by atoms with E-state index in [2.05, 4.69) is 10.3 Å². The number of anilines is 2. The SMILES string of the molecule is CC(C)Oc1nc(NCC(C)(C)O)ccc1N. The lowest BCUT2D eigenvalue weighted by atomic mass is 10.1. The molecule has 0 aliphatic rings. The van der Waals surface area contributed by atoms with Crippen LogP contribution in [0.5, 0.6) is 5.88 Å². The fraction of sp³-hybridized carbons (Fsp3) is 0.583. The number of hydrogen-bond donors (Lipinski definition) is 3. The standard InChI is InChI=1S/C12H21N3O2/c1-8(2)17-11-9(13)5-6-10(15-11)14-7-12(3,4)16/h5-6,8,16H,7,13H2,1-4H3,(H,14,15). The minimum atomic E-state index is -0.790. The van der Waals surface area contributed by atoms with Gasteiger partial charge in [-0.3, -0.25) is 0 Å². The van der Waals surface area contributed by atoms with Crippen molar-refractivity contribution in [3.63, 3.8) is 0 Å². The molecule has 0 atom stereocenters. The van der Waals surface area contributed by atoms with Crippen LogP contribution in [0, 0.1) is 0 Å². The molecule has 0 aliphatic carbocycles. The first-order valence-corrected chi connectivity index (χ1v) is 5.67. The van der Waals surface area contributed by atoms with Gasteiger partial charge in [0.25, 0.3) is 0 Å². The molecule has 1 aromatic rings. The molecule has 0 aliphatic heterocycles.